The lowest BCUT2D eigenvalue weighted by Gasteiger charge is -2.09. The predicted octanol–water partition coefficient (Wildman–Crippen LogP) is 1.01. The highest BCUT2D eigenvalue weighted by Gasteiger charge is 2.48. The molecule has 1 aromatic rings. The van der Waals surface area contributed by atoms with Gasteiger partial charge >= 0.3 is 5.97 Å². The molecule has 6 heteroatoms. The van der Waals surface area contributed by atoms with Crippen LogP contribution >= 0.6 is 0 Å². The lowest BCUT2D eigenvalue weighted by molar-refractivity contribution is -0.139. The quantitative estimate of drug-likeness (QED) is 0.765. The number of anilines is 1. The highest BCUT2D eigenvalue weighted by molar-refractivity contribution is 5.99. The molecule has 2 rings (SSSR count). The van der Waals surface area contributed by atoms with Gasteiger partial charge in [-0.3, -0.25) is 14.4 Å². The number of benzene rings is 1. The van der Waals surface area contributed by atoms with Crippen LogP contribution in [0.4, 0.5) is 5.69 Å². The third kappa shape index (κ3) is 2.79. The number of nitrogens with one attached hydrogen (secondary N) is 2. The molecule has 1 saturated carbocycles. The van der Waals surface area contributed by atoms with Crippen LogP contribution in [-0.4, -0.2) is 29.9 Å². The highest BCUT2D eigenvalue weighted by atomic mass is 16.4. The second-order valence-corrected chi connectivity index (χ2v) is 4.89. The van der Waals surface area contributed by atoms with Gasteiger partial charge in [0.15, 0.2) is 0 Å². The number of carbonyl (C=O) groups is 3. The molecule has 6 nitrogen and oxygen atoms in total. The Morgan fingerprint density at radius 3 is 2.45 bits per heavy atom. The van der Waals surface area contributed by atoms with Crippen molar-refractivity contribution in [3.05, 3.63) is 29.3 Å². The Balaban J connectivity index is 2.05. The maximum atomic E-state index is 11.9. The van der Waals surface area contributed by atoms with Crippen molar-refractivity contribution in [1.82, 2.24) is 5.32 Å². The van der Waals surface area contributed by atoms with Gasteiger partial charge < -0.3 is 15.7 Å². The van der Waals surface area contributed by atoms with Crippen LogP contribution in [0, 0.1) is 18.8 Å². The number of aryl methyl sites for hydroxylation is 1. The van der Waals surface area contributed by atoms with E-state index in [1.165, 1.54) is 0 Å². The van der Waals surface area contributed by atoms with E-state index in [1.807, 2.05) is 0 Å². The number of carboxylic acid groups (broad SMARTS) is 1. The van der Waals surface area contributed by atoms with Gasteiger partial charge in [-0.1, -0.05) is 0 Å². The van der Waals surface area contributed by atoms with Gasteiger partial charge in [0.25, 0.3) is 5.91 Å². The van der Waals surface area contributed by atoms with E-state index in [1.54, 1.807) is 32.2 Å². The van der Waals surface area contributed by atoms with Crippen LogP contribution in [0.2, 0.25) is 0 Å². The first kappa shape index (κ1) is 14.0. The molecule has 1 aromatic carbocycles. The normalized spacial score (nSPS) is 20.1. The summed E-state index contributed by atoms with van der Waals surface area (Å²) in [5.74, 6) is -2.44. The number of amides is 2. The van der Waals surface area contributed by atoms with Crippen LogP contribution < -0.4 is 10.6 Å². The van der Waals surface area contributed by atoms with Crippen molar-refractivity contribution in [2.75, 3.05) is 12.4 Å². The summed E-state index contributed by atoms with van der Waals surface area (Å²) < 4.78 is 0. The van der Waals surface area contributed by atoms with Crippen LogP contribution in [-0.2, 0) is 9.59 Å². The fraction of sp³-hybridized carbons (Fsp3) is 0.357. The smallest absolute Gasteiger partial charge is 0.307 e. The van der Waals surface area contributed by atoms with Gasteiger partial charge in [-0.05, 0) is 37.1 Å². The van der Waals surface area contributed by atoms with Crippen LogP contribution in [0.25, 0.3) is 0 Å². The van der Waals surface area contributed by atoms with Crippen molar-refractivity contribution in [3.8, 4) is 0 Å². The fourth-order valence-corrected chi connectivity index (χ4v) is 2.07. The lowest BCUT2D eigenvalue weighted by atomic mass is 10.1. The second kappa shape index (κ2) is 5.32. The van der Waals surface area contributed by atoms with E-state index in [9.17, 15) is 14.4 Å². The monoisotopic (exact) mass is 276 g/mol. The maximum absolute atomic E-state index is 11.9. The summed E-state index contributed by atoms with van der Waals surface area (Å²) in [5.41, 5.74) is 1.86. The first-order valence-corrected chi connectivity index (χ1v) is 6.30. The van der Waals surface area contributed by atoms with Gasteiger partial charge in [-0.2, -0.15) is 0 Å². The summed E-state index contributed by atoms with van der Waals surface area (Å²) in [6.07, 6.45) is 0.385. The maximum Gasteiger partial charge on any atom is 0.307 e. The zero-order valence-corrected chi connectivity index (χ0v) is 11.3. The first-order chi connectivity index (χ1) is 9.43. The van der Waals surface area contributed by atoms with E-state index >= 15 is 0 Å². The Morgan fingerprint density at radius 1 is 1.25 bits per heavy atom. The zero-order valence-electron chi connectivity index (χ0n) is 11.3. The largest absolute Gasteiger partial charge is 0.481 e. The minimum absolute atomic E-state index is 0.195. The van der Waals surface area contributed by atoms with E-state index in [0.29, 0.717) is 17.7 Å². The molecular weight excluding hydrogens is 260 g/mol. The summed E-state index contributed by atoms with van der Waals surface area (Å²) in [4.78, 5) is 34.1. The lowest BCUT2D eigenvalue weighted by Crippen LogP contribution is -2.19. The number of hydrogen-bond acceptors (Lipinski definition) is 3. The Morgan fingerprint density at radius 2 is 1.95 bits per heavy atom. The van der Waals surface area contributed by atoms with Crippen molar-refractivity contribution in [2.45, 2.75) is 13.3 Å². The predicted molar refractivity (Wildman–Crippen MR) is 72.4 cm³/mol. The van der Waals surface area contributed by atoms with Crippen LogP contribution in [0.15, 0.2) is 18.2 Å². The zero-order chi connectivity index (χ0) is 14.9. The molecule has 0 saturated heterocycles. The highest BCUT2D eigenvalue weighted by Crippen LogP contribution is 2.39. The molecule has 3 N–H and O–H groups in total. The number of carboxylic acids is 1. The van der Waals surface area contributed by atoms with Crippen molar-refractivity contribution in [2.24, 2.45) is 11.8 Å². The average Bonchev–Trinajstić information content (AvgIpc) is 3.20. The van der Waals surface area contributed by atoms with Gasteiger partial charge in [0.1, 0.15) is 0 Å². The Hall–Kier alpha value is -2.37. The first-order valence-electron chi connectivity index (χ1n) is 6.30. The van der Waals surface area contributed by atoms with Gasteiger partial charge in [0, 0.05) is 18.3 Å². The summed E-state index contributed by atoms with van der Waals surface area (Å²) in [6.45, 7) is 1.78. The summed E-state index contributed by atoms with van der Waals surface area (Å²) in [5, 5.41) is 14.0. The van der Waals surface area contributed by atoms with Gasteiger partial charge in [0.2, 0.25) is 5.91 Å². The number of rotatable bonds is 4. The van der Waals surface area contributed by atoms with Gasteiger partial charge in [-0.25, -0.2) is 0 Å². The van der Waals surface area contributed by atoms with Gasteiger partial charge in [-0.15, -0.1) is 0 Å². The molecule has 1 aliphatic rings. The Labute approximate surface area is 116 Å². The minimum Gasteiger partial charge on any atom is -0.481 e. The average molecular weight is 276 g/mol. The number of carbonyl (C=O) groups excluding carboxylic acids is 2. The van der Waals surface area contributed by atoms with Crippen molar-refractivity contribution in [3.63, 3.8) is 0 Å². The number of hydrogen-bond donors (Lipinski definition) is 3. The van der Waals surface area contributed by atoms with E-state index in [0.717, 1.165) is 5.56 Å². The van der Waals surface area contributed by atoms with Crippen LogP contribution in [0.1, 0.15) is 22.3 Å². The number of aliphatic carboxylic acids is 1. The van der Waals surface area contributed by atoms with E-state index in [-0.39, 0.29) is 11.8 Å². The molecule has 0 radical (unpaired) electrons. The standard InChI is InChI=1S/C14H16N2O4/c1-7-5-8(12(17)15-2)3-4-11(7)16-13(18)9-6-10(9)14(19)20/h3-5,9-10H,6H2,1-2H3,(H,15,17)(H,16,18)(H,19,20). The molecule has 20 heavy (non-hydrogen) atoms. The molecular formula is C14H16N2O4. The van der Waals surface area contributed by atoms with E-state index in [4.69, 9.17) is 5.11 Å². The topological polar surface area (TPSA) is 95.5 Å². The van der Waals surface area contributed by atoms with E-state index < -0.39 is 17.8 Å². The Kier molecular flexibility index (Phi) is 3.74. The molecule has 2 atom stereocenters. The molecule has 2 amide bonds. The third-order valence-electron chi connectivity index (χ3n) is 3.42. The molecule has 1 aliphatic carbocycles. The molecule has 0 aromatic heterocycles. The second-order valence-electron chi connectivity index (χ2n) is 4.89. The molecule has 1 fully saturated rings. The SMILES string of the molecule is CNC(=O)c1ccc(NC(=O)C2CC2C(=O)O)c(C)c1. The van der Waals surface area contributed by atoms with E-state index in [2.05, 4.69) is 10.6 Å². The van der Waals surface area contributed by atoms with Crippen molar-refractivity contribution >= 4 is 23.5 Å². The minimum atomic E-state index is -0.933. The Bertz CT molecular complexity index is 583. The van der Waals surface area contributed by atoms with Crippen LogP contribution in [0.5, 0.6) is 0 Å². The molecule has 2 unspecified atom stereocenters. The third-order valence-corrected chi connectivity index (χ3v) is 3.42. The van der Waals surface area contributed by atoms with Crippen LogP contribution in [0.3, 0.4) is 0 Å². The molecule has 0 aliphatic heterocycles. The molecule has 0 heterocycles. The fourth-order valence-electron chi connectivity index (χ4n) is 2.07. The molecule has 0 bridgehead atoms. The van der Waals surface area contributed by atoms with Crippen molar-refractivity contribution in [1.29, 1.82) is 0 Å². The molecule has 106 valence electrons. The summed E-state index contributed by atoms with van der Waals surface area (Å²) in [6, 6.07) is 4.94. The van der Waals surface area contributed by atoms with Gasteiger partial charge in [0.05, 0.1) is 11.8 Å². The van der Waals surface area contributed by atoms with Crippen molar-refractivity contribution < 1.29 is 19.5 Å². The molecule has 0 spiro atoms. The summed E-state index contributed by atoms with van der Waals surface area (Å²) >= 11 is 0. The summed E-state index contributed by atoms with van der Waals surface area (Å²) in [7, 11) is 1.55.